The Morgan fingerprint density at radius 1 is 1.38 bits per heavy atom. The van der Waals surface area contributed by atoms with Crippen LogP contribution in [0, 0.1) is 11.7 Å². The zero-order valence-electron chi connectivity index (χ0n) is 14.6. The molecule has 1 amide bonds. The molecule has 1 atom stereocenters. The van der Waals surface area contributed by atoms with Gasteiger partial charge in [0.1, 0.15) is 17.7 Å². The largest absolute Gasteiger partial charge is 0.480 e. The standard InChI is InChI=1S/C18H21FN4O3/c1-10(2)16-21-15(22-23(16)13-5-3-4-12(19)9-13)17(24)20-14(18(25)26)8-11-6-7-11/h3-5,9-11,14H,6-8H2,1-2H3,(H,20,24)(H,25,26). The summed E-state index contributed by atoms with van der Waals surface area (Å²) in [6.45, 7) is 3.77. The number of rotatable bonds is 7. The molecule has 1 fully saturated rings. The van der Waals surface area contributed by atoms with Crippen LogP contribution in [0.3, 0.4) is 0 Å². The van der Waals surface area contributed by atoms with Gasteiger partial charge in [0, 0.05) is 5.92 Å². The third kappa shape index (κ3) is 4.07. The molecule has 0 saturated heterocycles. The van der Waals surface area contributed by atoms with E-state index in [1.807, 2.05) is 13.8 Å². The van der Waals surface area contributed by atoms with Crippen molar-refractivity contribution in [2.45, 2.75) is 45.1 Å². The number of carbonyl (C=O) groups excluding carboxylic acids is 1. The van der Waals surface area contributed by atoms with E-state index in [-0.39, 0.29) is 11.7 Å². The van der Waals surface area contributed by atoms with Crippen LogP contribution in [0.1, 0.15) is 55.5 Å². The zero-order chi connectivity index (χ0) is 18.8. The lowest BCUT2D eigenvalue weighted by Gasteiger charge is -2.12. The number of benzene rings is 1. The van der Waals surface area contributed by atoms with E-state index in [0.29, 0.717) is 23.9 Å². The second-order valence-corrected chi connectivity index (χ2v) is 6.88. The molecule has 1 aromatic carbocycles. The fourth-order valence-corrected chi connectivity index (χ4v) is 2.72. The number of amides is 1. The van der Waals surface area contributed by atoms with Gasteiger partial charge in [0.25, 0.3) is 5.91 Å². The van der Waals surface area contributed by atoms with Crippen molar-refractivity contribution in [3.8, 4) is 5.69 Å². The van der Waals surface area contributed by atoms with Crippen molar-refractivity contribution >= 4 is 11.9 Å². The lowest BCUT2D eigenvalue weighted by atomic mass is 10.1. The molecule has 0 bridgehead atoms. The van der Waals surface area contributed by atoms with Crippen molar-refractivity contribution in [1.29, 1.82) is 0 Å². The lowest BCUT2D eigenvalue weighted by Crippen LogP contribution is -2.41. The van der Waals surface area contributed by atoms with Crippen LogP contribution in [-0.2, 0) is 4.79 Å². The monoisotopic (exact) mass is 360 g/mol. The number of hydrogen-bond acceptors (Lipinski definition) is 4. The Balaban J connectivity index is 1.86. The molecule has 0 spiro atoms. The van der Waals surface area contributed by atoms with E-state index in [1.165, 1.54) is 16.8 Å². The van der Waals surface area contributed by atoms with Gasteiger partial charge in [-0.05, 0) is 30.5 Å². The van der Waals surface area contributed by atoms with Crippen LogP contribution < -0.4 is 5.32 Å². The van der Waals surface area contributed by atoms with E-state index < -0.39 is 23.7 Å². The van der Waals surface area contributed by atoms with Crippen LogP contribution in [0.4, 0.5) is 4.39 Å². The van der Waals surface area contributed by atoms with Crippen molar-refractivity contribution < 1.29 is 19.1 Å². The average Bonchev–Trinajstić information content (AvgIpc) is 3.28. The molecule has 1 heterocycles. The summed E-state index contributed by atoms with van der Waals surface area (Å²) in [6.07, 6.45) is 2.38. The van der Waals surface area contributed by atoms with Crippen LogP contribution in [0.2, 0.25) is 0 Å². The Bertz CT molecular complexity index is 830. The van der Waals surface area contributed by atoms with E-state index in [2.05, 4.69) is 15.4 Å². The summed E-state index contributed by atoms with van der Waals surface area (Å²) in [7, 11) is 0. The minimum absolute atomic E-state index is 0.0611. The van der Waals surface area contributed by atoms with Gasteiger partial charge >= 0.3 is 5.97 Å². The predicted octanol–water partition coefficient (Wildman–Crippen LogP) is 2.51. The SMILES string of the molecule is CC(C)c1nc(C(=O)NC(CC2CC2)C(=O)O)nn1-c1cccc(F)c1. The minimum Gasteiger partial charge on any atom is -0.480 e. The molecule has 0 aliphatic heterocycles. The summed E-state index contributed by atoms with van der Waals surface area (Å²) in [5, 5.41) is 16.0. The van der Waals surface area contributed by atoms with E-state index in [9.17, 15) is 19.1 Å². The number of carboxylic acids is 1. The highest BCUT2D eigenvalue weighted by atomic mass is 19.1. The second-order valence-electron chi connectivity index (χ2n) is 6.88. The van der Waals surface area contributed by atoms with Crippen LogP contribution in [-0.4, -0.2) is 37.8 Å². The lowest BCUT2D eigenvalue weighted by molar-refractivity contribution is -0.139. The molecule has 2 N–H and O–H groups in total. The Labute approximate surface area is 150 Å². The van der Waals surface area contributed by atoms with E-state index in [4.69, 9.17) is 0 Å². The van der Waals surface area contributed by atoms with Gasteiger partial charge < -0.3 is 10.4 Å². The zero-order valence-corrected chi connectivity index (χ0v) is 14.6. The Morgan fingerprint density at radius 3 is 2.69 bits per heavy atom. The van der Waals surface area contributed by atoms with Crippen molar-refractivity contribution in [1.82, 2.24) is 20.1 Å². The molecule has 1 aliphatic carbocycles. The van der Waals surface area contributed by atoms with Crippen molar-refractivity contribution in [3.63, 3.8) is 0 Å². The summed E-state index contributed by atoms with van der Waals surface area (Å²) in [5.41, 5.74) is 0.452. The summed E-state index contributed by atoms with van der Waals surface area (Å²) >= 11 is 0. The van der Waals surface area contributed by atoms with Crippen molar-refractivity contribution in [2.75, 3.05) is 0 Å². The van der Waals surface area contributed by atoms with Crippen LogP contribution >= 0.6 is 0 Å². The van der Waals surface area contributed by atoms with Crippen LogP contribution in [0.15, 0.2) is 24.3 Å². The van der Waals surface area contributed by atoms with E-state index in [0.717, 1.165) is 12.8 Å². The first kappa shape index (κ1) is 18.0. The molecular weight excluding hydrogens is 339 g/mol. The predicted molar refractivity (Wildman–Crippen MR) is 91.6 cm³/mol. The number of hydrogen-bond donors (Lipinski definition) is 2. The number of nitrogens with zero attached hydrogens (tertiary/aromatic N) is 3. The van der Waals surface area contributed by atoms with Crippen molar-refractivity contribution in [2.24, 2.45) is 5.92 Å². The highest BCUT2D eigenvalue weighted by Gasteiger charge is 2.31. The highest BCUT2D eigenvalue weighted by molar-refractivity contribution is 5.93. The number of halogens is 1. The fourth-order valence-electron chi connectivity index (χ4n) is 2.72. The first-order chi connectivity index (χ1) is 12.3. The maximum atomic E-state index is 13.5. The van der Waals surface area contributed by atoms with Gasteiger partial charge in [-0.15, -0.1) is 5.10 Å². The number of carbonyl (C=O) groups is 2. The molecule has 1 aliphatic rings. The number of nitrogens with one attached hydrogen (secondary N) is 1. The minimum atomic E-state index is -1.07. The van der Waals surface area contributed by atoms with Gasteiger partial charge in [-0.25, -0.2) is 18.9 Å². The Kier molecular flexibility index (Phi) is 5.01. The summed E-state index contributed by atoms with van der Waals surface area (Å²) < 4.78 is 14.9. The molecular formula is C18H21FN4O3. The third-order valence-corrected chi connectivity index (χ3v) is 4.27. The molecule has 7 nitrogen and oxygen atoms in total. The molecule has 2 aromatic rings. The first-order valence-corrected chi connectivity index (χ1v) is 8.61. The number of aliphatic carboxylic acids is 1. The molecule has 8 heteroatoms. The van der Waals surface area contributed by atoms with Crippen LogP contribution in [0.5, 0.6) is 0 Å². The maximum Gasteiger partial charge on any atom is 0.326 e. The number of carboxylic acid groups (broad SMARTS) is 1. The Morgan fingerprint density at radius 2 is 2.12 bits per heavy atom. The normalized spacial score (nSPS) is 15.1. The Hall–Kier alpha value is -2.77. The molecule has 3 rings (SSSR count). The van der Waals surface area contributed by atoms with E-state index in [1.54, 1.807) is 12.1 Å². The van der Waals surface area contributed by atoms with Gasteiger partial charge in [0.15, 0.2) is 0 Å². The average molecular weight is 360 g/mol. The summed E-state index contributed by atoms with van der Waals surface area (Å²) in [5.74, 6) is -1.48. The molecule has 138 valence electrons. The topological polar surface area (TPSA) is 97.1 Å². The first-order valence-electron chi connectivity index (χ1n) is 8.61. The van der Waals surface area contributed by atoms with Gasteiger partial charge in [0.05, 0.1) is 5.69 Å². The summed E-state index contributed by atoms with van der Waals surface area (Å²) in [6, 6.07) is 4.87. The summed E-state index contributed by atoms with van der Waals surface area (Å²) in [4.78, 5) is 28.1. The van der Waals surface area contributed by atoms with Gasteiger partial charge in [0.2, 0.25) is 5.82 Å². The van der Waals surface area contributed by atoms with E-state index >= 15 is 0 Å². The van der Waals surface area contributed by atoms with Gasteiger partial charge in [-0.2, -0.15) is 0 Å². The van der Waals surface area contributed by atoms with Crippen molar-refractivity contribution in [3.05, 3.63) is 41.7 Å². The fraction of sp³-hybridized carbons (Fsp3) is 0.444. The molecule has 1 aromatic heterocycles. The molecule has 1 unspecified atom stereocenters. The smallest absolute Gasteiger partial charge is 0.326 e. The quantitative estimate of drug-likeness (QED) is 0.791. The molecule has 0 radical (unpaired) electrons. The van der Waals surface area contributed by atoms with Gasteiger partial charge in [-0.3, -0.25) is 4.79 Å². The van der Waals surface area contributed by atoms with Gasteiger partial charge in [-0.1, -0.05) is 32.8 Å². The van der Waals surface area contributed by atoms with Crippen LogP contribution in [0.25, 0.3) is 5.69 Å². The highest BCUT2D eigenvalue weighted by Crippen LogP contribution is 2.33. The third-order valence-electron chi connectivity index (χ3n) is 4.27. The maximum absolute atomic E-state index is 13.5. The molecule has 1 saturated carbocycles. The second kappa shape index (κ2) is 7.23. The number of aromatic nitrogens is 3. The molecule has 26 heavy (non-hydrogen) atoms.